The summed E-state index contributed by atoms with van der Waals surface area (Å²) >= 11 is 3.26. The fourth-order valence-electron chi connectivity index (χ4n) is 2.28. The van der Waals surface area contributed by atoms with Crippen molar-refractivity contribution in [3.63, 3.8) is 0 Å². The van der Waals surface area contributed by atoms with Crippen molar-refractivity contribution in [2.24, 2.45) is 0 Å². The maximum atomic E-state index is 12.3. The first-order chi connectivity index (χ1) is 12.9. The molecule has 136 valence electrons. The number of ketones is 1. The van der Waals surface area contributed by atoms with Gasteiger partial charge in [0.2, 0.25) is 0 Å². The zero-order chi connectivity index (χ0) is 19.3. The highest BCUT2D eigenvalue weighted by atomic mass is 79.9. The van der Waals surface area contributed by atoms with Crippen molar-refractivity contribution < 1.29 is 17.4 Å². The number of carbonyl (C=O) groups is 1. The molecular weight excluding hydrogens is 428 g/mol. The lowest BCUT2D eigenvalue weighted by molar-refractivity contribution is 0.104. The predicted octanol–water partition coefficient (Wildman–Crippen LogP) is 5.11. The van der Waals surface area contributed by atoms with Crippen LogP contribution in [-0.4, -0.2) is 14.2 Å². The number of hydrogen-bond acceptors (Lipinski definition) is 4. The number of halogens is 1. The molecule has 0 amide bonds. The Kier molecular flexibility index (Phi) is 5.88. The summed E-state index contributed by atoms with van der Waals surface area (Å²) in [7, 11) is -3.90. The number of hydrogen-bond donors (Lipinski definition) is 0. The van der Waals surface area contributed by atoms with E-state index in [0.29, 0.717) is 5.56 Å². The van der Waals surface area contributed by atoms with Gasteiger partial charge in [-0.05, 0) is 48.0 Å². The molecule has 0 N–H and O–H groups in total. The smallest absolute Gasteiger partial charge is 0.339 e. The number of rotatable bonds is 6. The van der Waals surface area contributed by atoms with Gasteiger partial charge in [-0.3, -0.25) is 4.79 Å². The van der Waals surface area contributed by atoms with Crippen LogP contribution < -0.4 is 4.18 Å². The quantitative estimate of drug-likeness (QED) is 0.302. The lowest BCUT2D eigenvalue weighted by Gasteiger charge is -2.07. The molecule has 0 atom stereocenters. The molecule has 3 rings (SSSR count). The number of allylic oxidation sites excluding steroid dienone is 1. The highest BCUT2D eigenvalue weighted by Gasteiger charge is 2.16. The van der Waals surface area contributed by atoms with Gasteiger partial charge in [-0.2, -0.15) is 8.42 Å². The maximum Gasteiger partial charge on any atom is 0.339 e. The summed E-state index contributed by atoms with van der Waals surface area (Å²) in [5.74, 6) is 0.0956. The molecule has 0 spiro atoms. The zero-order valence-corrected chi connectivity index (χ0v) is 16.5. The van der Waals surface area contributed by atoms with Gasteiger partial charge in [-0.15, -0.1) is 0 Å². The first kappa shape index (κ1) is 19.1. The van der Waals surface area contributed by atoms with Crippen LogP contribution in [0.15, 0.2) is 94.3 Å². The van der Waals surface area contributed by atoms with E-state index >= 15 is 0 Å². The summed E-state index contributed by atoms with van der Waals surface area (Å²) in [4.78, 5) is 12.1. The molecule has 0 saturated heterocycles. The van der Waals surface area contributed by atoms with Crippen molar-refractivity contribution in [1.82, 2.24) is 0 Å². The van der Waals surface area contributed by atoms with E-state index in [1.54, 1.807) is 66.7 Å². The Hall–Kier alpha value is -2.70. The molecule has 0 aromatic heterocycles. The molecule has 6 heteroatoms. The summed E-state index contributed by atoms with van der Waals surface area (Å²) in [5.41, 5.74) is 1.36. The van der Waals surface area contributed by atoms with Gasteiger partial charge in [0.15, 0.2) is 5.78 Å². The van der Waals surface area contributed by atoms with Gasteiger partial charge < -0.3 is 4.18 Å². The van der Waals surface area contributed by atoms with Crippen molar-refractivity contribution >= 4 is 37.9 Å². The largest absolute Gasteiger partial charge is 0.379 e. The lowest BCUT2D eigenvalue weighted by Crippen LogP contribution is -2.09. The van der Waals surface area contributed by atoms with Crippen LogP contribution in [0.2, 0.25) is 0 Å². The Balaban J connectivity index is 1.69. The molecule has 0 saturated carbocycles. The molecule has 4 nitrogen and oxygen atoms in total. The van der Waals surface area contributed by atoms with Gasteiger partial charge in [0.05, 0.1) is 0 Å². The summed E-state index contributed by atoms with van der Waals surface area (Å²) in [5, 5.41) is 0. The van der Waals surface area contributed by atoms with Crippen molar-refractivity contribution in [2.45, 2.75) is 4.90 Å². The Labute approximate surface area is 166 Å². The summed E-state index contributed by atoms with van der Waals surface area (Å²) < 4.78 is 30.5. The average Bonchev–Trinajstić information content (AvgIpc) is 2.68. The van der Waals surface area contributed by atoms with E-state index in [2.05, 4.69) is 15.9 Å². The molecule has 0 radical (unpaired) electrons. The zero-order valence-electron chi connectivity index (χ0n) is 14.1. The van der Waals surface area contributed by atoms with Gasteiger partial charge in [-0.25, -0.2) is 0 Å². The normalized spacial score (nSPS) is 11.4. The Bertz CT molecular complexity index is 1060. The minimum absolute atomic E-state index is 0.0723. The lowest BCUT2D eigenvalue weighted by atomic mass is 10.1. The van der Waals surface area contributed by atoms with E-state index < -0.39 is 10.1 Å². The van der Waals surface area contributed by atoms with Gasteiger partial charge in [-0.1, -0.05) is 64.5 Å². The molecule has 0 heterocycles. The fraction of sp³-hybridized carbons (Fsp3) is 0. The Morgan fingerprint density at radius 2 is 1.48 bits per heavy atom. The van der Waals surface area contributed by atoms with Crippen molar-refractivity contribution in [3.05, 3.63) is 101 Å². The molecule has 3 aromatic rings. The topological polar surface area (TPSA) is 60.4 Å². The Morgan fingerprint density at radius 3 is 2.11 bits per heavy atom. The van der Waals surface area contributed by atoms with Crippen molar-refractivity contribution in [1.29, 1.82) is 0 Å². The summed E-state index contributed by atoms with van der Waals surface area (Å²) in [6.07, 6.45) is 3.14. The van der Waals surface area contributed by atoms with E-state index in [4.69, 9.17) is 4.18 Å². The average molecular weight is 443 g/mol. The van der Waals surface area contributed by atoms with Crippen molar-refractivity contribution in [2.75, 3.05) is 0 Å². The van der Waals surface area contributed by atoms with E-state index in [-0.39, 0.29) is 16.4 Å². The second-order valence-corrected chi connectivity index (χ2v) is 8.09. The van der Waals surface area contributed by atoms with Crippen LogP contribution >= 0.6 is 15.9 Å². The maximum absolute atomic E-state index is 12.3. The molecule has 27 heavy (non-hydrogen) atoms. The van der Waals surface area contributed by atoms with E-state index in [1.165, 1.54) is 18.2 Å². The molecule has 0 aliphatic heterocycles. The molecule has 0 aliphatic rings. The van der Waals surface area contributed by atoms with E-state index in [9.17, 15) is 13.2 Å². The van der Waals surface area contributed by atoms with Crippen LogP contribution in [0.1, 0.15) is 15.9 Å². The summed E-state index contributed by atoms with van der Waals surface area (Å²) in [6.45, 7) is 0. The van der Waals surface area contributed by atoms with Crippen LogP contribution in [0.25, 0.3) is 6.08 Å². The summed E-state index contributed by atoms with van der Waals surface area (Å²) in [6, 6.07) is 21.6. The van der Waals surface area contributed by atoms with Crippen LogP contribution in [0.5, 0.6) is 5.75 Å². The molecule has 0 unspecified atom stereocenters. The van der Waals surface area contributed by atoms with Crippen LogP contribution in [0.4, 0.5) is 0 Å². The third-order valence-electron chi connectivity index (χ3n) is 3.67. The van der Waals surface area contributed by atoms with Gasteiger partial charge >= 0.3 is 10.1 Å². The third-order valence-corrected chi connectivity index (χ3v) is 5.46. The van der Waals surface area contributed by atoms with Crippen molar-refractivity contribution in [3.8, 4) is 5.75 Å². The Morgan fingerprint density at radius 1 is 0.852 bits per heavy atom. The fourth-order valence-corrected chi connectivity index (χ4v) is 3.48. The molecular formula is C21H15BrO4S. The first-order valence-corrected chi connectivity index (χ1v) is 10.2. The molecule has 0 bridgehead atoms. The first-order valence-electron chi connectivity index (χ1n) is 8.02. The van der Waals surface area contributed by atoms with E-state index in [1.807, 2.05) is 6.07 Å². The highest BCUT2D eigenvalue weighted by Crippen LogP contribution is 2.21. The number of carbonyl (C=O) groups excluding carboxylic acids is 1. The molecule has 0 fully saturated rings. The SMILES string of the molecule is O=C(/C=C/c1ccc(OS(=O)(=O)c2ccc(Br)cc2)cc1)c1ccccc1. The molecule has 0 aliphatic carbocycles. The van der Waals surface area contributed by atoms with Gasteiger partial charge in [0, 0.05) is 10.0 Å². The molecule has 3 aromatic carbocycles. The van der Waals surface area contributed by atoms with Gasteiger partial charge in [0.25, 0.3) is 0 Å². The number of benzene rings is 3. The van der Waals surface area contributed by atoms with Crippen LogP contribution in [0, 0.1) is 0 Å². The standard InChI is InChI=1S/C21H15BrO4S/c22-18-9-13-20(14-10-18)27(24,25)26-19-11-6-16(7-12-19)8-15-21(23)17-4-2-1-3-5-17/h1-15H/b15-8+. The second kappa shape index (κ2) is 8.33. The minimum atomic E-state index is -3.90. The minimum Gasteiger partial charge on any atom is -0.379 e. The predicted molar refractivity (Wildman–Crippen MR) is 108 cm³/mol. The third kappa shape index (κ3) is 5.15. The van der Waals surface area contributed by atoms with E-state index in [0.717, 1.165) is 10.0 Å². The highest BCUT2D eigenvalue weighted by molar-refractivity contribution is 9.10. The second-order valence-electron chi connectivity index (χ2n) is 5.62. The monoisotopic (exact) mass is 442 g/mol. The van der Waals surface area contributed by atoms with Crippen LogP contribution in [-0.2, 0) is 10.1 Å². The van der Waals surface area contributed by atoms with Gasteiger partial charge in [0.1, 0.15) is 10.6 Å². The van der Waals surface area contributed by atoms with Crippen LogP contribution in [0.3, 0.4) is 0 Å².